The fourth-order valence-corrected chi connectivity index (χ4v) is 2.46. The van der Waals surface area contributed by atoms with Gasteiger partial charge in [0.05, 0.1) is 22.5 Å². The van der Waals surface area contributed by atoms with Gasteiger partial charge < -0.3 is 9.47 Å². The maximum Gasteiger partial charge on any atom is 0.305 e. The van der Waals surface area contributed by atoms with Crippen LogP contribution in [0.1, 0.15) is 16.9 Å². The van der Waals surface area contributed by atoms with Gasteiger partial charge in [0.1, 0.15) is 12.4 Å². The number of hydrogen-bond donors (Lipinski definition) is 0. The number of nitrogens with zero attached hydrogens (tertiary/aromatic N) is 1. The van der Waals surface area contributed by atoms with Crippen molar-refractivity contribution in [1.82, 2.24) is 4.98 Å². The average Bonchev–Trinajstić information content (AvgIpc) is 2.97. The summed E-state index contributed by atoms with van der Waals surface area (Å²) in [5.41, 5.74) is 2.65. The first kappa shape index (κ1) is 14.8. The Kier molecular flexibility index (Phi) is 5.38. The third-order valence-electron chi connectivity index (χ3n) is 2.72. The van der Waals surface area contributed by atoms with Crippen LogP contribution in [0.5, 0.6) is 5.75 Å². The average molecular weight is 312 g/mol. The van der Waals surface area contributed by atoms with E-state index in [-0.39, 0.29) is 5.97 Å². The van der Waals surface area contributed by atoms with Gasteiger partial charge in [-0.2, -0.15) is 0 Å². The minimum Gasteiger partial charge on any atom is -0.486 e. The Morgan fingerprint density at radius 1 is 1.45 bits per heavy atom. The smallest absolute Gasteiger partial charge is 0.305 e. The Morgan fingerprint density at radius 3 is 3.00 bits per heavy atom. The number of hydrogen-bond acceptors (Lipinski definition) is 5. The van der Waals surface area contributed by atoms with E-state index >= 15 is 0 Å². The van der Waals surface area contributed by atoms with Crippen LogP contribution in [0.2, 0.25) is 5.02 Å². The zero-order chi connectivity index (χ0) is 14.4. The fourth-order valence-electron chi connectivity index (χ4n) is 1.71. The van der Waals surface area contributed by atoms with Gasteiger partial charge in [0.25, 0.3) is 0 Å². The van der Waals surface area contributed by atoms with Crippen LogP contribution < -0.4 is 4.74 Å². The van der Waals surface area contributed by atoms with Crippen molar-refractivity contribution < 1.29 is 14.3 Å². The highest BCUT2D eigenvalue weighted by Crippen LogP contribution is 2.30. The van der Waals surface area contributed by atoms with Crippen molar-refractivity contribution in [1.29, 1.82) is 0 Å². The summed E-state index contributed by atoms with van der Waals surface area (Å²) in [7, 11) is 1.38. The molecule has 1 heterocycles. The fraction of sp³-hybridized carbons (Fsp3) is 0.286. The third-order valence-corrected chi connectivity index (χ3v) is 3.77. The topological polar surface area (TPSA) is 48.4 Å². The Labute approximate surface area is 126 Å². The highest BCUT2D eigenvalue weighted by molar-refractivity contribution is 7.09. The van der Waals surface area contributed by atoms with Gasteiger partial charge in [0.15, 0.2) is 0 Å². The molecule has 0 saturated heterocycles. The first-order chi connectivity index (χ1) is 9.70. The predicted octanol–water partition coefficient (Wildman–Crippen LogP) is 3.48. The molecule has 0 N–H and O–H groups in total. The van der Waals surface area contributed by atoms with Crippen molar-refractivity contribution in [3.05, 3.63) is 45.4 Å². The lowest BCUT2D eigenvalue weighted by molar-refractivity contribution is -0.140. The summed E-state index contributed by atoms with van der Waals surface area (Å²) < 4.78 is 10.4. The van der Waals surface area contributed by atoms with Crippen molar-refractivity contribution in [2.24, 2.45) is 0 Å². The Balaban J connectivity index is 2.07. The molecule has 6 heteroatoms. The molecule has 1 aromatic heterocycles. The predicted molar refractivity (Wildman–Crippen MR) is 78.2 cm³/mol. The van der Waals surface area contributed by atoms with E-state index in [1.807, 2.05) is 12.1 Å². The van der Waals surface area contributed by atoms with E-state index in [0.717, 1.165) is 10.4 Å². The van der Waals surface area contributed by atoms with E-state index in [1.54, 1.807) is 17.8 Å². The molecule has 20 heavy (non-hydrogen) atoms. The number of carbonyl (C=O) groups is 1. The third kappa shape index (κ3) is 3.95. The Hall–Kier alpha value is -1.59. The van der Waals surface area contributed by atoms with Crippen LogP contribution in [0, 0.1) is 0 Å². The number of methoxy groups -OCH3 is 1. The number of thiazole rings is 1. The number of rotatable bonds is 6. The summed E-state index contributed by atoms with van der Waals surface area (Å²) in [6.45, 7) is 0.416. The molecule has 0 saturated carbocycles. The number of benzene rings is 1. The second-order valence-corrected chi connectivity index (χ2v) is 5.44. The number of halogens is 1. The van der Waals surface area contributed by atoms with Gasteiger partial charge in [0.2, 0.25) is 0 Å². The van der Waals surface area contributed by atoms with Gasteiger partial charge in [-0.1, -0.05) is 23.7 Å². The SMILES string of the molecule is COC(=O)CCc1cccc(Cl)c1OCc1cncs1. The molecule has 0 aliphatic rings. The van der Waals surface area contributed by atoms with Crippen molar-refractivity contribution in [3.63, 3.8) is 0 Å². The van der Waals surface area contributed by atoms with Crippen molar-refractivity contribution in [2.75, 3.05) is 7.11 Å². The molecule has 0 bridgehead atoms. The first-order valence-electron chi connectivity index (χ1n) is 6.05. The molecule has 2 aromatic rings. The molecule has 2 rings (SSSR count). The highest BCUT2D eigenvalue weighted by atomic mass is 35.5. The van der Waals surface area contributed by atoms with E-state index in [0.29, 0.717) is 30.2 Å². The van der Waals surface area contributed by atoms with Gasteiger partial charge in [-0.25, -0.2) is 0 Å². The zero-order valence-electron chi connectivity index (χ0n) is 11.0. The second-order valence-electron chi connectivity index (χ2n) is 4.06. The summed E-state index contributed by atoms with van der Waals surface area (Å²) in [6, 6.07) is 5.51. The number of aromatic nitrogens is 1. The Morgan fingerprint density at radius 2 is 2.30 bits per heavy atom. The monoisotopic (exact) mass is 311 g/mol. The second kappa shape index (κ2) is 7.26. The van der Waals surface area contributed by atoms with Gasteiger partial charge in [0, 0.05) is 12.6 Å². The van der Waals surface area contributed by atoms with Crippen molar-refractivity contribution in [3.8, 4) is 5.75 Å². The van der Waals surface area contributed by atoms with Crippen molar-refractivity contribution in [2.45, 2.75) is 19.4 Å². The molecule has 0 radical (unpaired) electrons. The largest absolute Gasteiger partial charge is 0.486 e. The van der Waals surface area contributed by atoms with Crippen LogP contribution in [-0.2, 0) is 22.6 Å². The van der Waals surface area contributed by atoms with Crippen molar-refractivity contribution >= 4 is 28.9 Å². The summed E-state index contributed by atoms with van der Waals surface area (Å²) in [5.74, 6) is 0.366. The summed E-state index contributed by atoms with van der Waals surface area (Å²) in [4.78, 5) is 16.2. The first-order valence-corrected chi connectivity index (χ1v) is 7.31. The standard InChI is InChI=1S/C14H14ClNO3S/c1-18-13(17)6-5-10-3-2-4-12(15)14(10)19-8-11-7-16-9-20-11/h2-4,7,9H,5-6,8H2,1H3. The zero-order valence-corrected chi connectivity index (χ0v) is 12.5. The number of esters is 1. The number of aryl methyl sites for hydroxylation is 1. The van der Waals surface area contributed by atoms with Gasteiger partial charge in [-0.15, -0.1) is 11.3 Å². The van der Waals surface area contributed by atoms with E-state index < -0.39 is 0 Å². The molecular formula is C14H14ClNO3S. The molecule has 0 aliphatic heterocycles. The highest BCUT2D eigenvalue weighted by Gasteiger charge is 2.11. The normalized spacial score (nSPS) is 10.3. The molecule has 106 valence electrons. The lowest BCUT2D eigenvalue weighted by Crippen LogP contribution is -2.04. The summed E-state index contributed by atoms with van der Waals surface area (Å²) in [6.07, 6.45) is 2.59. The molecular weight excluding hydrogens is 298 g/mol. The molecule has 0 unspecified atom stereocenters. The maximum absolute atomic E-state index is 11.2. The molecule has 0 amide bonds. The van der Waals surface area contributed by atoms with Crippen LogP contribution in [0.15, 0.2) is 29.9 Å². The van der Waals surface area contributed by atoms with Crippen LogP contribution in [0.4, 0.5) is 0 Å². The quantitative estimate of drug-likeness (QED) is 0.766. The van der Waals surface area contributed by atoms with E-state index in [4.69, 9.17) is 16.3 Å². The molecule has 4 nitrogen and oxygen atoms in total. The molecule has 0 spiro atoms. The van der Waals surface area contributed by atoms with E-state index in [1.165, 1.54) is 18.4 Å². The molecule has 0 atom stereocenters. The minimum absolute atomic E-state index is 0.251. The Bertz CT molecular complexity index is 572. The maximum atomic E-state index is 11.2. The van der Waals surface area contributed by atoms with Gasteiger partial charge in [-0.3, -0.25) is 9.78 Å². The summed E-state index contributed by atoms with van der Waals surface area (Å²) in [5, 5.41) is 0.539. The minimum atomic E-state index is -0.251. The number of para-hydroxylation sites is 1. The number of carbonyl (C=O) groups excluding carboxylic acids is 1. The van der Waals surface area contributed by atoms with E-state index in [9.17, 15) is 4.79 Å². The van der Waals surface area contributed by atoms with Crippen LogP contribution in [-0.4, -0.2) is 18.1 Å². The molecule has 0 fully saturated rings. The van der Waals surface area contributed by atoms with Gasteiger partial charge in [-0.05, 0) is 18.1 Å². The lowest BCUT2D eigenvalue weighted by Gasteiger charge is -2.12. The number of ether oxygens (including phenoxy) is 2. The lowest BCUT2D eigenvalue weighted by atomic mass is 10.1. The summed E-state index contributed by atoms with van der Waals surface area (Å²) >= 11 is 7.69. The van der Waals surface area contributed by atoms with Crippen LogP contribution >= 0.6 is 22.9 Å². The molecule has 0 aliphatic carbocycles. The van der Waals surface area contributed by atoms with Gasteiger partial charge >= 0.3 is 5.97 Å². The van der Waals surface area contributed by atoms with E-state index in [2.05, 4.69) is 9.72 Å². The van der Waals surface area contributed by atoms with Crippen LogP contribution in [0.3, 0.4) is 0 Å². The van der Waals surface area contributed by atoms with Crippen LogP contribution in [0.25, 0.3) is 0 Å². The molecule has 1 aromatic carbocycles.